The first kappa shape index (κ1) is 25.5. The van der Waals surface area contributed by atoms with Gasteiger partial charge in [0.1, 0.15) is 6.54 Å². The van der Waals surface area contributed by atoms with Crippen molar-refractivity contribution in [1.29, 1.82) is 0 Å². The van der Waals surface area contributed by atoms with Crippen molar-refractivity contribution in [2.45, 2.75) is 55.2 Å². The van der Waals surface area contributed by atoms with Crippen LogP contribution in [0, 0.1) is 11.6 Å². The Morgan fingerprint density at radius 1 is 1.02 bits per heavy atom. The Bertz CT molecular complexity index is 2640. The molecule has 1 saturated heterocycles. The average Bonchev–Trinajstić information content (AvgIpc) is 3.23. The minimum absolute atomic E-state index is 0.0141. The van der Waals surface area contributed by atoms with E-state index < -0.39 is 92.1 Å². The van der Waals surface area contributed by atoms with Gasteiger partial charge in [0.05, 0.1) is 34.2 Å². The van der Waals surface area contributed by atoms with Crippen LogP contribution in [0.25, 0.3) is 22.0 Å². The molecule has 0 N–H and O–H groups in total. The summed E-state index contributed by atoms with van der Waals surface area (Å²) in [7, 11) is 0.851. The fraction of sp³-hybridized carbons (Fsp3) is 0.317. The molecule has 0 aliphatic carbocycles. The molecular weight excluding hydrogens is 710 g/mol. The quantitative estimate of drug-likeness (QED) is 0.0940. The number of methoxy groups -OCH3 is 1. The van der Waals surface area contributed by atoms with E-state index in [-0.39, 0.29) is 53.7 Å². The third-order valence-corrected chi connectivity index (χ3v) is 9.41. The Kier molecular flexibility index (Phi) is 8.01. The second kappa shape index (κ2) is 16.7. The third-order valence-electron chi connectivity index (χ3n) is 8.32. The minimum atomic E-state index is -4.63. The number of aromatic nitrogens is 1. The fourth-order valence-corrected chi connectivity index (χ4v) is 6.62. The molecule has 4 aromatic carbocycles. The van der Waals surface area contributed by atoms with Crippen molar-refractivity contribution in [2.24, 2.45) is 0 Å². The van der Waals surface area contributed by atoms with Crippen molar-refractivity contribution in [2.75, 3.05) is 33.2 Å². The van der Waals surface area contributed by atoms with Crippen LogP contribution in [-0.2, 0) is 28.0 Å². The van der Waals surface area contributed by atoms with Crippen LogP contribution in [-0.4, -0.2) is 59.5 Å². The predicted molar refractivity (Wildman–Crippen MR) is 198 cm³/mol. The van der Waals surface area contributed by atoms with Crippen LogP contribution in [0.4, 0.5) is 22.0 Å². The maximum absolute atomic E-state index is 15.4. The normalized spacial score (nSPS) is 23.4. The number of fused-ring (bicyclic) bond motifs is 1. The molecule has 1 unspecified atom stereocenters. The number of carbonyl (C=O) groups is 1. The highest BCUT2D eigenvalue weighted by Gasteiger charge is 2.33. The van der Waals surface area contributed by atoms with E-state index in [1.165, 1.54) is 72.8 Å². The second-order valence-electron chi connectivity index (χ2n) is 11.7. The van der Waals surface area contributed by atoms with Gasteiger partial charge in [0, 0.05) is 66.4 Å². The number of rotatable bonds is 12. The molecule has 6 rings (SSSR count). The van der Waals surface area contributed by atoms with E-state index in [4.69, 9.17) is 13.0 Å². The van der Waals surface area contributed by atoms with E-state index in [2.05, 4.69) is 0 Å². The third kappa shape index (κ3) is 8.83. The van der Waals surface area contributed by atoms with E-state index in [9.17, 15) is 35.0 Å². The monoisotopic (exact) mass is 761 g/mol. The van der Waals surface area contributed by atoms with Gasteiger partial charge in [-0.1, -0.05) is 60.7 Å². The van der Waals surface area contributed by atoms with Crippen LogP contribution in [0.5, 0.6) is 0 Å². The standard InChI is InChI=1S/C41H40F5N3O3S/c1-27(28-10-12-29(13-11-28)30-14-16-32(17-15-30)41(44,45)46)49(33-18-20-47(21-19-33)22-23-52-2)38(51)25-48-36-9-4-3-7-34(36)37(50)24-39(48)53-26-31-6-5-8-35(42)40(31)43/h3-17,24,27,33H,18-23,25-26H2,1-2H3/i18D2,19D2,20D2,21D2,23D2,27D,33D. The molecule has 278 valence electrons. The average molecular weight is 762 g/mol. The molecule has 12 heteroatoms. The lowest BCUT2D eigenvalue weighted by Crippen LogP contribution is -2.49. The molecular formula is C41H40F5N3O3S. The van der Waals surface area contributed by atoms with Crippen LogP contribution in [0.15, 0.2) is 107 Å². The molecule has 1 amide bonds. The van der Waals surface area contributed by atoms with Crippen LogP contribution < -0.4 is 5.43 Å². The molecule has 0 saturated carbocycles. The molecule has 1 atom stereocenters. The Morgan fingerprint density at radius 2 is 1.68 bits per heavy atom. The maximum atomic E-state index is 15.4. The molecule has 1 fully saturated rings. The van der Waals surface area contributed by atoms with Crippen LogP contribution in [0.2, 0.25) is 0 Å². The Morgan fingerprint density at radius 3 is 2.34 bits per heavy atom. The number of pyridine rings is 1. The van der Waals surface area contributed by atoms with Gasteiger partial charge in [-0.25, -0.2) is 8.78 Å². The number of benzene rings is 4. The van der Waals surface area contributed by atoms with Gasteiger partial charge >= 0.3 is 6.18 Å². The van der Waals surface area contributed by atoms with Crippen LogP contribution >= 0.6 is 11.8 Å². The topological polar surface area (TPSA) is 54.8 Å². The summed E-state index contributed by atoms with van der Waals surface area (Å²) in [6, 6.07) is 12.3. The summed E-state index contributed by atoms with van der Waals surface area (Å²) in [6.07, 6.45) is -12.8. The maximum Gasteiger partial charge on any atom is 0.416 e. The van der Waals surface area contributed by atoms with E-state index >= 15 is 4.79 Å². The number of para-hydroxylation sites is 1. The molecule has 2 heterocycles. The first-order valence-electron chi connectivity index (χ1n) is 22.0. The molecule has 0 spiro atoms. The summed E-state index contributed by atoms with van der Waals surface area (Å²) in [4.78, 5) is 28.7. The van der Waals surface area contributed by atoms with Crippen LogP contribution in [0.3, 0.4) is 0 Å². The summed E-state index contributed by atoms with van der Waals surface area (Å²) in [5.41, 5.74) is -1.38. The Hall–Kier alpha value is -4.52. The molecule has 53 heavy (non-hydrogen) atoms. The molecule has 0 radical (unpaired) electrons. The van der Waals surface area contributed by atoms with Gasteiger partial charge in [-0.15, -0.1) is 11.8 Å². The summed E-state index contributed by atoms with van der Waals surface area (Å²) >= 11 is 0.760. The second-order valence-corrected chi connectivity index (χ2v) is 12.7. The minimum Gasteiger partial charge on any atom is -0.383 e. The number of hydrogen-bond donors (Lipinski definition) is 0. The number of amides is 1. The largest absolute Gasteiger partial charge is 0.416 e. The van der Waals surface area contributed by atoms with Crippen molar-refractivity contribution >= 4 is 28.6 Å². The zero-order valence-electron chi connectivity index (χ0n) is 40.2. The van der Waals surface area contributed by atoms with Crippen LogP contribution in [0.1, 0.15) is 58.8 Å². The van der Waals surface area contributed by atoms with E-state index in [1.807, 2.05) is 0 Å². The summed E-state index contributed by atoms with van der Waals surface area (Å²) in [5.74, 6) is -4.18. The van der Waals surface area contributed by atoms with Crippen molar-refractivity contribution in [3.05, 3.63) is 136 Å². The van der Waals surface area contributed by atoms with Gasteiger partial charge < -0.3 is 19.1 Å². The van der Waals surface area contributed by atoms with E-state index in [0.717, 1.165) is 54.6 Å². The van der Waals surface area contributed by atoms with Gasteiger partial charge in [-0.05, 0) is 66.7 Å². The SMILES string of the molecule is [2H]C([2H])(CN1C([2H])([2H])C([2H])([2H])C([2H])(N(C(=O)Cn2c(SCc3cccc(F)c3F)cc(=O)c3ccccc32)C([2H])(C)c2ccc(-c3ccc(C(F)(F)F)cc3)cc2)C([2H])([2H])C1([2H])[2H])OC. The predicted octanol–water partition coefficient (Wildman–Crippen LogP) is 8.96. The van der Waals surface area contributed by atoms with Gasteiger partial charge in [-0.2, -0.15) is 13.2 Å². The molecule has 6 nitrogen and oxygen atoms in total. The number of alkyl halides is 3. The Labute approximate surface area is 326 Å². The zero-order chi connectivity index (χ0) is 48.5. The number of thioether (sulfide) groups is 1. The van der Waals surface area contributed by atoms with Gasteiger partial charge in [0.25, 0.3) is 0 Å². The van der Waals surface area contributed by atoms with Gasteiger partial charge in [0.2, 0.25) is 5.91 Å². The first-order valence-corrected chi connectivity index (χ1v) is 17.0. The molecule has 0 bridgehead atoms. The number of piperidine rings is 1. The Balaban J connectivity index is 1.56. The number of halogens is 5. The molecule has 5 aromatic rings. The van der Waals surface area contributed by atoms with Gasteiger partial charge in [-0.3, -0.25) is 9.59 Å². The van der Waals surface area contributed by atoms with Crippen molar-refractivity contribution in [1.82, 2.24) is 14.4 Å². The van der Waals surface area contributed by atoms with Crippen molar-refractivity contribution in [3.63, 3.8) is 0 Å². The van der Waals surface area contributed by atoms with Gasteiger partial charge in [0.15, 0.2) is 17.1 Å². The lowest BCUT2D eigenvalue weighted by Gasteiger charge is -2.42. The highest BCUT2D eigenvalue weighted by Crippen LogP contribution is 2.34. The fourth-order valence-electron chi connectivity index (χ4n) is 5.59. The zero-order valence-corrected chi connectivity index (χ0v) is 29.0. The number of hydrogen-bond acceptors (Lipinski definition) is 5. The molecule has 1 aromatic heterocycles. The summed E-state index contributed by atoms with van der Waals surface area (Å²) in [6.45, 7) is -12.2. The molecule has 1 aliphatic rings. The highest BCUT2D eigenvalue weighted by atomic mass is 32.2. The molecule has 1 aliphatic heterocycles. The lowest BCUT2D eigenvalue weighted by atomic mass is 9.96. The number of ether oxygens (including phenoxy) is 1. The lowest BCUT2D eigenvalue weighted by molar-refractivity contribution is -0.138. The summed E-state index contributed by atoms with van der Waals surface area (Å²) < 4.78 is 184. The highest BCUT2D eigenvalue weighted by molar-refractivity contribution is 7.98. The number of carbonyl (C=O) groups excluding carboxylic acids is 1. The van der Waals surface area contributed by atoms with E-state index in [1.54, 1.807) is 0 Å². The van der Waals surface area contributed by atoms with Crippen molar-refractivity contribution in [3.8, 4) is 11.1 Å². The number of nitrogens with zero attached hydrogens (tertiary/aromatic N) is 3. The van der Waals surface area contributed by atoms with E-state index in [0.29, 0.717) is 0 Å². The smallest absolute Gasteiger partial charge is 0.383 e. The first-order chi connectivity index (χ1) is 29.9. The number of likely N-dealkylation sites (tertiary alicyclic amines) is 1. The summed E-state index contributed by atoms with van der Waals surface area (Å²) in [5, 5.41) is -0.0640. The van der Waals surface area contributed by atoms with Crippen molar-refractivity contribution < 1.29 is 47.9 Å².